The number of thiophene rings is 2. The first-order valence-electron chi connectivity index (χ1n) is 7.56. The number of hydrogen-bond donors (Lipinski definition) is 1. The molecular formula is C18H21NS2. The van der Waals surface area contributed by atoms with E-state index in [-0.39, 0.29) is 0 Å². The van der Waals surface area contributed by atoms with Gasteiger partial charge in [-0.2, -0.15) is 0 Å². The molecule has 0 amide bonds. The van der Waals surface area contributed by atoms with E-state index in [9.17, 15) is 0 Å². The van der Waals surface area contributed by atoms with Crippen LogP contribution in [0.3, 0.4) is 0 Å². The summed E-state index contributed by atoms with van der Waals surface area (Å²) in [5.41, 5.74) is 0. The van der Waals surface area contributed by atoms with E-state index in [0.717, 1.165) is 0 Å². The van der Waals surface area contributed by atoms with Gasteiger partial charge in [-0.1, -0.05) is 37.6 Å². The highest BCUT2D eigenvalue weighted by Crippen LogP contribution is 2.32. The zero-order chi connectivity index (χ0) is 14.7. The van der Waals surface area contributed by atoms with Crippen LogP contribution in [0.2, 0.25) is 0 Å². The van der Waals surface area contributed by atoms with E-state index in [1.807, 2.05) is 22.7 Å². The molecule has 0 spiro atoms. The highest BCUT2D eigenvalue weighted by atomic mass is 32.1. The molecule has 3 heteroatoms. The first-order valence-corrected chi connectivity index (χ1v) is 9.25. The molecule has 1 nitrogen and oxygen atoms in total. The molecule has 21 heavy (non-hydrogen) atoms. The fourth-order valence-corrected chi connectivity index (χ4v) is 4.58. The lowest BCUT2D eigenvalue weighted by molar-refractivity contribution is 0.449. The summed E-state index contributed by atoms with van der Waals surface area (Å²) in [6, 6.07) is 16.2. The van der Waals surface area contributed by atoms with Gasteiger partial charge >= 0.3 is 0 Å². The summed E-state index contributed by atoms with van der Waals surface area (Å²) in [6.45, 7) is 4.54. The van der Waals surface area contributed by atoms with Crippen LogP contribution in [0, 0.1) is 0 Å². The van der Waals surface area contributed by atoms with Crippen LogP contribution in [0.5, 0.6) is 0 Å². The van der Waals surface area contributed by atoms with Gasteiger partial charge in [0.25, 0.3) is 0 Å². The van der Waals surface area contributed by atoms with Crippen LogP contribution in [-0.2, 0) is 0 Å². The van der Waals surface area contributed by atoms with Crippen molar-refractivity contribution in [3.8, 4) is 0 Å². The third-order valence-corrected chi connectivity index (χ3v) is 6.07. The Balaban J connectivity index is 1.78. The molecule has 0 radical (unpaired) electrons. The van der Waals surface area contributed by atoms with E-state index in [1.165, 1.54) is 32.7 Å². The Morgan fingerprint density at radius 3 is 2.67 bits per heavy atom. The van der Waals surface area contributed by atoms with Crippen molar-refractivity contribution in [2.45, 2.75) is 38.8 Å². The largest absolute Gasteiger partial charge is 0.302 e. The lowest BCUT2D eigenvalue weighted by Crippen LogP contribution is -2.23. The lowest BCUT2D eigenvalue weighted by Gasteiger charge is -2.21. The van der Waals surface area contributed by atoms with Crippen LogP contribution in [0.25, 0.3) is 10.1 Å². The van der Waals surface area contributed by atoms with E-state index in [4.69, 9.17) is 0 Å². The Kier molecular flexibility index (Phi) is 4.73. The van der Waals surface area contributed by atoms with Crippen LogP contribution in [0.4, 0.5) is 0 Å². The first-order chi connectivity index (χ1) is 10.3. The summed E-state index contributed by atoms with van der Waals surface area (Å²) in [4.78, 5) is 2.87. The highest BCUT2D eigenvalue weighted by molar-refractivity contribution is 7.19. The number of rotatable bonds is 6. The molecule has 0 aliphatic heterocycles. The number of benzene rings is 1. The van der Waals surface area contributed by atoms with E-state index in [1.54, 1.807) is 0 Å². The Morgan fingerprint density at radius 1 is 1.10 bits per heavy atom. The van der Waals surface area contributed by atoms with Crippen molar-refractivity contribution in [1.29, 1.82) is 0 Å². The van der Waals surface area contributed by atoms with E-state index >= 15 is 0 Å². The minimum atomic E-state index is 0.390. The smallest absolute Gasteiger partial charge is 0.0419 e. The molecule has 0 saturated carbocycles. The summed E-state index contributed by atoms with van der Waals surface area (Å²) in [6.07, 6.45) is 2.39. The topological polar surface area (TPSA) is 12.0 Å². The van der Waals surface area contributed by atoms with Crippen molar-refractivity contribution >= 4 is 32.8 Å². The number of fused-ring (bicyclic) bond motifs is 1. The van der Waals surface area contributed by atoms with Gasteiger partial charge in [0.05, 0.1) is 0 Å². The Morgan fingerprint density at radius 2 is 1.95 bits per heavy atom. The average Bonchev–Trinajstić information content (AvgIpc) is 3.16. The van der Waals surface area contributed by atoms with Gasteiger partial charge in [-0.3, -0.25) is 0 Å². The summed E-state index contributed by atoms with van der Waals surface area (Å²) >= 11 is 3.76. The predicted molar refractivity (Wildman–Crippen MR) is 95.3 cm³/mol. The molecule has 3 rings (SSSR count). The summed E-state index contributed by atoms with van der Waals surface area (Å²) in [5.74, 6) is 0. The Bertz CT molecular complexity index is 651. The van der Waals surface area contributed by atoms with Gasteiger partial charge in [-0.25, -0.2) is 0 Å². The third-order valence-electron chi connectivity index (χ3n) is 3.79. The van der Waals surface area contributed by atoms with Gasteiger partial charge < -0.3 is 5.32 Å². The molecule has 0 fully saturated rings. The monoisotopic (exact) mass is 315 g/mol. The first kappa shape index (κ1) is 14.8. The maximum Gasteiger partial charge on any atom is 0.0419 e. The molecule has 2 heterocycles. The maximum absolute atomic E-state index is 3.82. The molecule has 0 bridgehead atoms. The lowest BCUT2D eigenvalue weighted by atomic mass is 10.1. The molecule has 0 aliphatic carbocycles. The minimum Gasteiger partial charge on any atom is -0.302 e. The molecule has 2 aromatic heterocycles. The van der Waals surface area contributed by atoms with Gasteiger partial charge in [0.1, 0.15) is 0 Å². The van der Waals surface area contributed by atoms with E-state index < -0.39 is 0 Å². The second kappa shape index (κ2) is 6.73. The molecule has 1 aromatic carbocycles. The summed E-state index contributed by atoms with van der Waals surface area (Å²) in [7, 11) is 0. The molecular weight excluding hydrogens is 294 g/mol. The zero-order valence-electron chi connectivity index (χ0n) is 12.5. The number of hydrogen-bond acceptors (Lipinski definition) is 3. The minimum absolute atomic E-state index is 0.390. The molecule has 2 unspecified atom stereocenters. The maximum atomic E-state index is 3.82. The van der Waals surface area contributed by atoms with Crippen molar-refractivity contribution in [2.24, 2.45) is 0 Å². The standard InChI is InChI=1S/C18H21NS2/c1-3-7-15(17-10-6-11-20-17)19-13(2)18-12-14-8-4-5-9-16(14)21-18/h4-6,8-13,15,19H,3,7H2,1-2H3. The SMILES string of the molecule is CCCC(NC(C)c1cc2ccccc2s1)c1cccs1. The van der Waals surface area contributed by atoms with Crippen LogP contribution < -0.4 is 5.32 Å². The molecule has 2 atom stereocenters. The molecule has 3 aromatic rings. The van der Waals surface area contributed by atoms with Crippen LogP contribution in [0.1, 0.15) is 48.5 Å². The van der Waals surface area contributed by atoms with Gasteiger partial charge in [-0.15, -0.1) is 22.7 Å². The highest BCUT2D eigenvalue weighted by Gasteiger charge is 2.17. The second-order valence-corrected chi connectivity index (χ2v) is 7.53. The van der Waals surface area contributed by atoms with Crippen molar-refractivity contribution in [2.75, 3.05) is 0 Å². The van der Waals surface area contributed by atoms with Crippen molar-refractivity contribution in [1.82, 2.24) is 5.32 Å². The molecule has 0 aliphatic rings. The Labute approximate surface area is 134 Å². The van der Waals surface area contributed by atoms with Gasteiger partial charge in [0.2, 0.25) is 0 Å². The molecule has 1 N–H and O–H groups in total. The summed E-state index contributed by atoms with van der Waals surface area (Å²) < 4.78 is 1.38. The van der Waals surface area contributed by atoms with Crippen LogP contribution >= 0.6 is 22.7 Å². The van der Waals surface area contributed by atoms with Crippen molar-refractivity contribution in [3.63, 3.8) is 0 Å². The van der Waals surface area contributed by atoms with E-state index in [2.05, 4.69) is 67.0 Å². The average molecular weight is 316 g/mol. The predicted octanol–water partition coefficient (Wildman–Crippen LogP) is 6.15. The van der Waals surface area contributed by atoms with E-state index in [0.29, 0.717) is 12.1 Å². The van der Waals surface area contributed by atoms with Crippen LogP contribution in [-0.4, -0.2) is 0 Å². The fraction of sp³-hybridized carbons (Fsp3) is 0.333. The van der Waals surface area contributed by atoms with Crippen molar-refractivity contribution in [3.05, 3.63) is 57.6 Å². The zero-order valence-corrected chi connectivity index (χ0v) is 14.1. The summed E-state index contributed by atoms with van der Waals surface area (Å²) in [5, 5.41) is 7.34. The molecule has 110 valence electrons. The van der Waals surface area contributed by atoms with Gasteiger partial charge in [0.15, 0.2) is 0 Å². The van der Waals surface area contributed by atoms with Crippen molar-refractivity contribution < 1.29 is 0 Å². The quantitative estimate of drug-likeness (QED) is 0.575. The Hall–Kier alpha value is -1.16. The third kappa shape index (κ3) is 3.37. The fourth-order valence-electron chi connectivity index (χ4n) is 2.69. The van der Waals surface area contributed by atoms with Gasteiger partial charge in [0, 0.05) is 26.5 Å². The second-order valence-electron chi connectivity index (χ2n) is 5.43. The normalized spacial score (nSPS) is 14.4. The van der Waals surface area contributed by atoms with Crippen LogP contribution in [0.15, 0.2) is 47.8 Å². The van der Waals surface area contributed by atoms with Gasteiger partial charge in [-0.05, 0) is 42.3 Å². The molecule has 0 saturated heterocycles. The number of nitrogens with one attached hydrogen (secondary N) is 1.